The fourth-order valence-electron chi connectivity index (χ4n) is 17.3. The van der Waals surface area contributed by atoms with Crippen LogP contribution in [-0.4, -0.2) is 0 Å². The third-order valence-electron chi connectivity index (χ3n) is 23.7. The van der Waals surface area contributed by atoms with Gasteiger partial charge in [-0.15, -0.1) is 6.42 Å². The molecular weight excluding hydrogens is 1470 g/mol. The number of unbranched alkanes of at least 4 members (excludes halogenated alkanes) is 1. The zero-order valence-corrected chi connectivity index (χ0v) is 70.1. The second-order valence-corrected chi connectivity index (χ2v) is 31.8. The van der Waals surface area contributed by atoms with Crippen LogP contribution in [0.25, 0.3) is 100 Å². The van der Waals surface area contributed by atoms with E-state index in [9.17, 15) is 0 Å². The maximum Gasteiger partial charge on any atom is 0.127 e. The maximum absolute atomic E-state index is 7.14. The van der Waals surface area contributed by atoms with Crippen molar-refractivity contribution in [3.05, 3.63) is 455 Å². The van der Waals surface area contributed by atoms with Crippen molar-refractivity contribution in [3.8, 4) is 171 Å². The molecule has 0 N–H and O–H groups in total. The molecule has 0 radical (unpaired) electrons. The van der Waals surface area contributed by atoms with E-state index in [-0.39, 0.29) is 5.41 Å². The highest BCUT2D eigenvalue weighted by molar-refractivity contribution is 6.08. The van der Waals surface area contributed by atoms with Gasteiger partial charge in [-0.25, -0.2) is 0 Å². The van der Waals surface area contributed by atoms with Crippen LogP contribution in [0.3, 0.4) is 0 Å². The molecule has 2 unspecified atom stereocenters. The van der Waals surface area contributed by atoms with E-state index in [1.54, 1.807) is 0 Å². The molecule has 1 heteroatoms. The highest BCUT2D eigenvalue weighted by Crippen LogP contribution is 2.56. The van der Waals surface area contributed by atoms with Crippen molar-refractivity contribution in [2.24, 2.45) is 0 Å². The summed E-state index contributed by atoms with van der Waals surface area (Å²) in [6.07, 6.45) is 14.3. The second-order valence-electron chi connectivity index (χ2n) is 31.8. The Balaban J connectivity index is 0.874. The van der Waals surface area contributed by atoms with Gasteiger partial charge in [-0.1, -0.05) is 356 Å². The number of terminal acetylenes is 1. The number of rotatable bonds is 22. The van der Waals surface area contributed by atoms with Crippen molar-refractivity contribution in [1.82, 2.24) is 0 Å². The first-order valence-electron chi connectivity index (χ1n) is 42.9. The van der Waals surface area contributed by atoms with Crippen LogP contribution in [-0.2, 0) is 10.8 Å². The molecule has 0 amide bonds. The number of hydrogen-bond donors (Lipinski definition) is 0. The van der Waals surface area contributed by atoms with E-state index in [0.29, 0.717) is 11.5 Å². The van der Waals surface area contributed by atoms with Gasteiger partial charge in [-0.3, -0.25) is 0 Å². The summed E-state index contributed by atoms with van der Waals surface area (Å²) in [4.78, 5) is 0. The molecule has 16 rings (SSSR count). The van der Waals surface area contributed by atoms with Crippen molar-refractivity contribution >= 4 is 0 Å². The monoisotopic (exact) mass is 1560 g/mol. The Labute approximate surface area is 723 Å². The van der Waals surface area contributed by atoms with E-state index in [4.69, 9.17) is 11.2 Å². The van der Waals surface area contributed by atoms with Gasteiger partial charge in [0.2, 0.25) is 0 Å². The molecule has 0 saturated carbocycles. The topological polar surface area (TPSA) is 9.23 Å². The predicted octanol–water partition coefficient (Wildman–Crippen LogP) is 30.8. The number of benzene rings is 16. The molecule has 0 fully saturated rings. The van der Waals surface area contributed by atoms with Gasteiger partial charge in [0.25, 0.3) is 0 Å². The molecule has 586 valence electrons. The largest absolute Gasteiger partial charge is 0.457 e. The standard InChI is InChI=1S/C121H96O/c1-7-12-83-121(82-9-3,107-48-31-41-88(10-4)84-107)113-87-112(98-67-59-94(60-68-98)54-50-90-35-21-14-22-36-90)116(119(100-44-29-18-30-45-100)117(113)104-71-63-96(64-72-104)56-52-92-39-25-16-26-40-92)103-75-79-109(80-76-103)122-108-77-73-102(74-78-108)114-110(97-65-57-93(58-66-97)53-49-89-33-19-13-20-34-89)86-111(105-46-32-47-106(85-105)120(6,11-5)81-8-2)115(118(114)99-42-27-17-28-43-99)101-69-61-95(62-70-101)55-51-91-37-23-15-24-38-91/h4,13-48,57-80,84-87H,7-9,11-12,81-83H2,1-3,5-6H3. The van der Waals surface area contributed by atoms with Crippen LogP contribution >= 0.6 is 0 Å². The molecule has 122 heavy (non-hydrogen) atoms. The molecule has 2 atom stereocenters. The summed E-state index contributed by atoms with van der Waals surface area (Å²) in [5.74, 6) is 32.1. The zero-order chi connectivity index (χ0) is 83.5. The van der Waals surface area contributed by atoms with Crippen LogP contribution in [0.5, 0.6) is 11.5 Å². The average molecular weight is 1570 g/mol. The van der Waals surface area contributed by atoms with E-state index >= 15 is 0 Å². The summed E-state index contributed by atoms with van der Waals surface area (Å²) in [7, 11) is 0. The van der Waals surface area contributed by atoms with E-state index < -0.39 is 5.41 Å². The summed E-state index contributed by atoms with van der Waals surface area (Å²) in [6, 6.07) is 139. The van der Waals surface area contributed by atoms with Gasteiger partial charge in [0.1, 0.15) is 11.5 Å². The van der Waals surface area contributed by atoms with Crippen molar-refractivity contribution in [3.63, 3.8) is 0 Å². The van der Waals surface area contributed by atoms with Gasteiger partial charge in [0.15, 0.2) is 0 Å². The van der Waals surface area contributed by atoms with Gasteiger partial charge in [0.05, 0.1) is 0 Å². The Morgan fingerprint density at radius 1 is 0.246 bits per heavy atom. The molecular formula is C121H96O. The minimum Gasteiger partial charge on any atom is -0.457 e. The van der Waals surface area contributed by atoms with Gasteiger partial charge >= 0.3 is 0 Å². The Kier molecular flexibility index (Phi) is 25.4. The maximum atomic E-state index is 7.14. The number of hydrogen-bond acceptors (Lipinski definition) is 1. The van der Waals surface area contributed by atoms with Crippen LogP contribution in [0.4, 0.5) is 0 Å². The van der Waals surface area contributed by atoms with Gasteiger partial charge in [0, 0.05) is 55.5 Å². The fraction of sp³-hybridized carbons (Fsp3) is 0.124. The van der Waals surface area contributed by atoms with Crippen molar-refractivity contribution in [2.45, 2.75) is 96.8 Å². The smallest absolute Gasteiger partial charge is 0.127 e. The zero-order valence-electron chi connectivity index (χ0n) is 70.1. The lowest BCUT2D eigenvalue weighted by Gasteiger charge is -2.39. The van der Waals surface area contributed by atoms with Gasteiger partial charge in [-0.2, -0.15) is 0 Å². The quantitative estimate of drug-likeness (QED) is 0.0615. The Bertz CT molecular complexity index is 6630. The lowest BCUT2D eigenvalue weighted by atomic mass is 9.64. The van der Waals surface area contributed by atoms with Crippen LogP contribution < -0.4 is 4.74 Å². The van der Waals surface area contributed by atoms with Crippen LogP contribution in [0.15, 0.2) is 388 Å². The van der Waals surface area contributed by atoms with E-state index in [2.05, 4.69) is 403 Å². The summed E-state index contributed by atoms with van der Waals surface area (Å²) in [5.41, 5.74) is 31.6. The Hall–Kier alpha value is -14.9. The molecule has 16 aromatic carbocycles. The molecule has 0 heterocycles. The molecule has 0 aromatic heterocycles. The molecule has 1 nitrogen and oxygen atoms in total. The second kappa shape index (κ2) is 38.2. The minimum absolute atomic E-state index is 0.0155. The summed E-state index contributed by atoms with van der Waals surface area (Å²) in [5, 5.41) is 0. The third kappa shape index (κ3) is 18.4. The summed E-state index contributed by atoms with van der Waals surface area (Å²) in [6.45, 7) is 11.7. The first-order valence-corrected chi connectivity index (χ1v) is 42.9. The lowest BCUT2D eigenvalue weighted by molar-refractivity contribution is 0.414. The van der Waals surface area contributed by atoms with E-state index in [1.165, 1.54) is 22.3 Å². The first-order chi connectivity index (χ1) is 60.1. The molecule has 0 aliphatic carbocycles. The first kappa shape index (κ1) is 80.9. The van der Waals surface area contributed by atoms with Crippen molar-refractivity contribution in [2.75, 3.05) is 0 Å². The minimum atomic E-state index is -0.479. The van der Waals surface area contributed by atoms with Crippen LogP contribution in [0.2, 0.25) is 0 Å². The lowest BCUT2D eigenvalue weighted by Crippen LogP contribution is -2.29. The van der Waals surface area contributed by atoms with E-state index in [0.717, 1.165) is 196 Å². The van der Waals surface area contributed by atoms with Gasteiger partial charge < -0.3 is 4.74 Å². The molecule has 0 spiro atoms. The molecule has 0 bridgehead atoms. The van der Waals surface area contributed by atoms with E-state index in [1.807, 2.05) is 72.8 Å². The molecule has 0 aliphatic rings. The molecule has 0 aliphatic heterocycles. The van der Waals surface area contributed by atoms with Crippen LogP contribution in [0.1, 0.15) is 153 Å². The molecule has 16 aromatic rings. The summed E-state index contributed by atoms with van der Waals surface area (Å²) < 4.78 is 7.14. The predicted molar refractivity (Wildman–Crippen MR) is 514 cm³/mol. The van der Waals surface area contributed by atoms with Crippen molar-refractivity contribution < 1.29 is 4.74 Å². The number of ether oxygens (including phenoxy) is 1. The summed E-state index contributed by atoms with van der Waals surface area (Å²) >= 11 is 0. The van der Waals surface area contributed by atoms with Crippen LogP contribution in [0, 0.1) is 59.7 Å². The third-order valence-corrected chi connectivity index (χ3v) is 23.7. The Morgan fingerprint density at radius 2 is 0.557 bits per heavy atom. The molecule has 0 saturated heterocycles. The fourth-order valence-corrected chi connectivity index (χ4v) is 17.3. The van der Waals surface area contributed by atoms with Gasteiger partial charge in [-0.05, 0) is 294 Å². The SMILES string of the molecule is C#Cc1cccc(C(CCC)(CCCC)c2cc(-c3ccc(C#Cc4ccccc4)cc3)c(-c3ccc(Oc4ccc(-c5c(-c6ccc(C#Cc7ccccc7)cc6)cc(-c6cccc(C(C)(CC)CCC)c6)c(-c6ccc(C#Cc7ccccc7)cc6)c5-c5ccccc5)cc4)cc3)c(-c3ccccc3)c2-c2ccc(C#Cc3ccccc3)cc2)c1. The normalized spacial score (nSPS) is 11.8. The Morgan fingerprint density at radius 3 is 0.943 bits per heavy atom. The highest BCUT2D eigenvalue weighted by Gasteiger charge is 2.39. The highest BCUT2D eigenvalue weighted by atomic mass is 16.5. The van der Waals surface area contributed by atoms with Crippen molar-refractivity contribution in [1.29, 1.82) is 0 Å². The average Bonchev–Trinajstić information content (AvgIpc) is 0.726.